The minimum Gasteiger partial charge on any atom is -0.336 e. The van der Waals surface area contributed by atoms with Gasteiger partial charge in [0.15, 0.2) is 11.6 Å². The average molecular weight is 626 g/mol. The third-order valence-electron chi connectivity index (χ3n) is 9.19. The van der Waals surface area contributed by atoms with Gasteiger partial charge in [0.2, 0.25) is 5.91 Å². The number of aromatic nitrogens is 2. The number of carbonyl (C=O) groups excluding carboxylic acids is 2. The molecular weight excluding hydrogens is 584 g/mol. The molecule has 0 saturated carbocycles. The fraction of sp³-hybridized carbons (Fsp3) is 0.378. The topological polar surface area (TPSA) is 79.3 Å². The Kier molecular flexibility index (Phi) is 8.68. The van der Waals surface area contributed by atoms with Gasteiger partial charge in [0.1, 0.15) is 5.82 Å². The number of nitrogens with zero attached hydrogens (tertiary/aromatic N) is 3. The van der Waals surface area contributed by atoms with Gasteiger partial charge in [0.25, 0.3) is 0 Å². The SMILES string of the molecule is Cc1ccc(-n2nc(C(C)(C)C)cc2NC(=O)Nc2ccc(CC3CC4CCC(C3)N4C(=O)Cc3ccc(F)c(F)c3)cc2)cc1. The van der Waals surface area contributed by atoms with Crippen molar-refractivity contribution in [2.24, 2.45) is 5.92 Å². The lowest BCUT2D eigenvalue weighted by atomic mass is 9.85. The molecule has 2 fully saturated rings. The van der Waals surface area contributed by atoms with Gasteiger partial charge in [0, 0.05) is 29.3 Å². The predicted molar refractivity (Wildman–Crippen MR) is 176 cm³/mol. The van der Waals surface area contributed by atoms with Crippen LogP contribution in [0.3, 0.4) is 0 Å². The molecule has 9 heteroatoms. The number of fused-ring (bicyclic) bond motifs is 2. The maximum Gasteiger partial charge on any atom is 0.324 e. The second-order valence-electron chi connectivity index (χ2n) is 13.8. The van der Waals surface area contributed by atoms with Crippen LogP contribution in [-0.4, -0.2) is 38.7 Å². The van der Waals surface area contributed by atoms with Gasteiger partial charge >= 0.3 is 6.03 Å². The van der Waals surface area contributed by atoms with Gasteiger partial charge < -0.3 is 10.2 Å². The standard InChI is InChI=1S/C37H41F2N5O2/c1-23-5-12-28(13-6-23)44-34(22-33(42-44)37(2,3)4)41-36(46)40-27-10-7-24(8-11-27)17-26-18-29-14-15-30(19-26)43(29)35(45)21-25-9-16-31(38)32(39)20-25/h5-13,16,20,22,26,29-30H,14-15,17-19,21H2,1-4H3,(H2,40,41,46). The summed E-state index contributed by atoms with van der Waals surface area (Å²) >= 11 is 0. The first-order valence-electron chi connectivity index (χ1n) is 16.0. The Morgan fingerprint density at radius 2 is 1.50 bits per heavy atom. The molecule has 7 nitrogen and oxygen atoms in total. The number of anilines is 2. The van der Waals surface area contributed by atoms with E-state index in [0.717, 1.165) is 61.2 Å². The summed E-state index contributed by atoms with van der Waals surface area (Å²) in [4.78, 5) is 28.2. The molecule has 0 aliphatic carbocycles. The molecule has 46 heavy (non-hydrogen) atoms. The number of rotatable bonds is 7. The maximum atomic E-state index is 13.7. The van der Waals surface area contributed by atoms with E-state index in [2.05, 4.69) is 31.4 Å². The van der Waals surface area contributed by atoms with Crippen molar-refractivity contribution < 1.29 is 18.4 Å². The number of hydrogen-bond donors (Lipinski definition) is 2. The molecule has 2 saturated heterocycles. The summed E-state index contributed by atoms with van der Waals surface area (Å²) in [5, 5.41) is 10.7. The highest BCUT2D eigenvalue weighted by molar-refractivity contribution is 5.99. The van der Waals surface area contributed by atoms with Crippen LogP contribution in [-0.2, 0) is 23.1 Å². The largest absolute Gasteiger partial charge is 0.336 e. The van der Waals surface area contributed by atoms with Crippen molar-refractivity contribution >= 4 is 23.4 Å². The number of hydrogen-bond acceptors (Lipinski definition) is 3. The molecule has 0 spiro atoms. The summed E-state index contributed by atoms with van der Waals surface area (Å²) in [7, 11) is 0. The summed E-state index contributed by atoms with van der Waals surface area (Å²) in [6.07, 6.45) is 4.78. The molecule has 4 aromatic rings. The van der Waals surface area contributed by atoms with Crippen molar-refractivity contribution in [1.29, 1.82) is 0 Å². The molecule has 240 valence electrons. The number of amides is 3. The second-order valence-corrected chi connectivity index (χ2v) is 13.8. The summed E-state index contributed by atoms with van der Waals surface area (Å²) < 4.78 is 28.7. The first-order chi connectivity index (χ1) is 21.9. The van der Waals surface area contributed by atoms with Gasteiger partial charge in [0.05, 0.1) is 17.8 Å². The van der Waals surface area contributed by atoms with Crippen LogP contribution in [0.4, 0.5) is 25.1 Å². The summed E-state index contributed by atoms with van der Waals surface area (Å²) in [5.74, 6) is -0.796. The van der Waals surface area contributed by atoms with Gasteiger partial charge in [-0.1, -0.05) is 56.7 Å². The van der Waals surface area contributed by atoms with Crippen molar-refractivity contribution in [2.75, 3.05) is 10.6 Å². The Hall–Kier alpha value is -4.53. The molecule has 3 heterocycles. The molecule has 3 aromatic carbocycles. The summed E-state index contributed by atoms with van der Waals surface area (Å²) in [6.45, 7) is 8.30. The number of halogens is 2. The highest BCUT2D eigenvalue weighted by Gasteiger charge is 2.42. The van der Waals surface area contributed by atoms with Crippen molar-refractivity contribution in [3.8, 4) is 5.69 Å². The third-order valence-corrected chi connectivity index (χ3v) is 9.19. The quantitative estimate of drug-likeness (QED) is 0.219. The normalized spacial score (nSPS) is 19.3. The van der Waals surface area contributed by atoms with Crippen LogP contribution in [0.15, 0.2) is 72.8 Å². The highest BCUT2D eigenvalue weighted by atomic mass is 19.2. The van der Waals surface area contributed by atoms with Crippen molar-refractivity contribution in [2.45, 2.75) is 83.7 Å². The second kappa shape index (κ2) is 12.7. The Morgan fingerprint density at radius 1 is 0.848 bits per heavy atom. The molecule has 2 unspecified atom stereocenters. The molecule has 6 rings (SSSR count). The Labute approximate surface area is 269 Å². The Morgan fingerprint density at radius 3 is 2.13 bits per heavy atom. The van der Waals surface area contributed by atoms with E-state index < -0.39 is 11.6 Å². The predicted octanol–water partition coefficient (Wildman–Crippen LogP) is 7.96. The zero-order chi connectivity index (χ0) is 32.6. The summed E-state index contributed by atoms with van der Waals surface area (Å²) in [5.41, 5.74) is 5.08. The lowest BCUT2D eigenvalue weighted by Crippen LogP contribution is -2.47. The van der Waals surface area contributed by atoms with Gasteiger partial charge in [-0.25, -0.2) is 18.3 Å². The number of aryl methyl sites for hydroxylation is 1. The lowest BCUT2D eigenvalue weighted by Gasteiger charge is -2.39. The highest BCUT2D eigenvalue weighted by Crippen LogP contribution is 2.40. The minimum absolute atomic E-state index is 0.0118. The number of carbonyl (C=O) groups is 2. The van der Waals surface area contributed by atoms with Crippen LogP contribution < -0.4 is 10.6 Å². The Balaban J connectivity index is 1.05. The average Bonchev–Trinajstić information content (AvgIpc) is 3.55. The van der Waals surface area contributed by atoms with Gasteiger partial charge in [-0.05, 0) is 92.5 Å². The van der Waals surface area contributed by atoms with Crippen molar-refractivity contribution in [3.63, 3.8) is 0 Å². The van der Waals surface area contributed by atoms with E-state index in [1.807, 2.05) is 66.4 Å². The number of urea groups is 1. The molecule has 2 aliphatic rings. The van der Waals surface area contributed by atoms with Crippen LogP contribution in [0.5, 0.6) is 0 Å². The van der Waals surface area contributed by atoms with E-state index in [9.17, 15) is 18.4 Å². The molecule has 3 amide bonds. The fourth-order valence-corrected chi connectivity index (χ4v) is 6.83. The number of nitrogens with one attached hydrogen (secondary N) is 2. The minimum atomic E-state index is -0.922. The Bertz CT molecular complexity index is 1710. The molecule has 0 radical (unpaired) electrons. The van der Waals surface area contributed by atoms with E-state index in [1.54, 1.807) is 4.68 Å². The first-order valence-corrected chi connectivity index (χ1v) is 16.0. The number of piperidine rings is 1. The van der Waals surface area contributed by atoms with Crippen LogP contribution in [0.2, 0.25) is 0 Å². The van der Waals surface area contributed by atoms with E-state index >= 15 is 0 Å². The number of benzene rings is 3. The van der Waals surface area contributed by atoms with Crippen LogP contribution in [0.1, 0.15) is 68.8 Å². The van der Waals surface area contributed by atoms with E-state index in [4.69, 9.17) is 5.10 Å². The van der Waals surface area contributed by atoms with Gasteiger partial charge in [-0.3, -0.25) is 10.1 Å². The van der Waals surface area contributed by atoms with E-state index in [0.29, 0.717) is 23.0 Å². The van der Waals surface area contributed by atoms with Crippen molar-refractivity contribution in [1.82, 2.24) is 14.7 Å². The van der Waals surface area contributed by atoms with Crippen LogP contribution in [0, 0.1) is 24.5 Å². The molecule has 2 bridgehead atoms. The van der Waals surface area contributed by atoms with Crippen LogP contribution in [0.25, 0.3) is 5.69 Å². The zero-order valence-corrected chi connectivity index (χ0v) is 26.8. The molecular formula is C37H41F2N5O2. The van der Waals surface area contributed by atoms with Crippen molar-refractivity contribution in [3.05, 3.63) is 107 Å². The fourth-order valence-electron chi connectivity index (χ4n) is 6.83. The van der Waals surface area contributed by atoms with Gasteiger partial charge in [-0.2, -0.15) is 5.10 Å². The molecule has 1 aromatic heterocycles. The first kappa shape index (κ1) is 31.5. The monoisotopic (exact) mass is 625 g/mol. The zero-order valence-electron chi connectivity index (χ0n) is 26.8. The summed E-state index contributed by atoms with van der Waals surface area (Å²) in [6, 6.07) is 21.5. The molecule has 2 N–H and O–H groups in total. The molecule has 2 atom stereocenters. The lowest BCUT2D eigenvalue weighted by molar-refractivity contribution is -0.135. The van der Waals surface area contributed by atoms with Crippen LogP contribution >= 0.6 is 0 Å². The maximum absolute atomic E-state index is 13.7. The third kappa shape index (κ3) is 6.98. The van der Waals surface area contributed by atoms with E-state index in [-0.39, 0.29) is 35.9 Å². The molecule has 2 aliphatic heterocycles. The smallest absolute Gasteiger partial charge is 0.324 e. The van der Waals surface area contributed by atoms with Gasteiger partial charge in [-0.15, -0.1) is 0 Å². The van der Waals surface area contributed by atoms with E-state index in [1.165, 1.54) is 11.6 Å².